The van der Waals surface area contributed by atoms with E-state index in [4.69, 9.17) is 4.74 Å². The van der Waals surface area contributed by atoms with E-state index in [1.165, 1.54) is 0 Å². The van der Waals surface area contributed by atoms with Crippen molar-refractivity contribution in [1.29, 1.82) is 0 Å². The van der Waals surface area contributed by atoms with Crippen LogP contribution < -0.4 is 5.32 Å². The summed E-state index contributed by atoms with van der Waals surface area (Å²) in [6, 6.07) is 0.192. The lowest BCUT2D eigenvalue weighted by Crippen LogP contribution is -2.55. The molecule has 0 unspecified atom stereocenters. The fraction of sp³-hybridized carbons (Fsp3) is 0.875. The van der Waals surface area contributed by atoms with Crippen LogP contribution in [0.15, 0.2) is 0 Å². The van der Waals surface area contributed by atoms with Crippen molar-refractivity contribution >= 4 is 12.1 Å². The summed E-state index contributed by atoms with van der Waals surface area (Å²) in [5.74, 6) is 0. The Bertz CT molecular complexity index is 389. The highest BCUT2D eigenvalue weighted by molar-refractivity contribution is 5.74. The first-order valence-corrected chi connectivity index (χ1v) is 8.83. The van der Waals surface area contributed by atoms with Crippen molar-refractivity contribution in [1.82, 2.24) is 20.0 Å². The number of rotatable bonds is 4. The number of piperazine rings is 1. The smallest absolute Gasteiger partial charge is 0.409 e. The number of nitrogens with one attached hydrogen (secondary N) is 1. The van der Waals surface area contributed by atoms with E-state index in [9.17, 15) is 9.59 Å². The second kappa shape index (κ2) is 8.96. The number of carbonyl (C=O) groups is 2. The van der Waals surface area contributed by atoms with E-state index >= 15 is 0 Å². The second-order valence-corrected chi connectivity index (χ2v) is 6.24. The molecule has 1 N–H and O–H groups in total. The number of amides is 3. The highest BCUT2D eigenvalue weighted by Crippen LogP contribution is 2.12. The van der Waals surface area contributed by atoms with E-state index in [0.29, 0.717) is 19.7 Å². The summed E-state index contributed by atoms with van der Waals surface area (Å²) in [5.41, 5.74) is 0. The maximum absolute atomic E-state index is 12.3. The zero-order chi connectivity index (χ0) is 16.7. The molecule has 0 spiro atoms. The van der Waals surface area contributed by atoms with Crippen molar-refractivity contribution in [2.45, 2.75) is 39.2 Å². The van der Waals surface area contributed by atoms with E-state index in [0.717, 1.165) is 52.0 Å². The summed E-state index contributed by atoms with van der Waals surface area (Å²) < 4.78 is 5.01. The van der Waals surface area contributed by atoms with E-state index in [1.807, 2.05) is 11.8 Å². The number of urea groups is 1. The van der Waals surface area contributed by atoms with Crippen molar-refractivity contribution in [2.75, 3.05) is 52.4 Å². The van der Waals surface area contributed by atoms with Crippen LogP contribution in [0.5, 0.6) is 0 Å². The van der Waals surface area contributed by atoms with Crippen LogP contribution in [0.1, 0.15) is 33.1 Å². The zero-order valence-electron chi connectivity index (χ0n) is 14.4. The molecule has 23 heavy (non-hydrogen) atoms. The maximum Gasteiger partial charge on any atom is 0.409 e. The second-order valence-electron chi connectivity index (χ2n) is 6.24. The summed E-state index contributed by atoms with van der Waals surface area (Å²) in [7, 11) is 0. The molecule has 2 fully saturated rings. The molecule has 0 atom stereocenters. The van der Waals surface area contributed by atoms with Crippen LogP contribution in [0.3, 0.4) is 0 Å². The molecule has 0 aromatic carbocycles. The number of hydrogen-bond acceptors (Lipinski definition) is 4. The van der Waals surface area contributed by atoms with Crippen molar-refractivity contribution < 1.29 is 14.3 Å². The van der Waals surface area contributed by atoms with Gasteiger partial charge in [-0.1, -0.05) is 6.92 Å². The quantitative estimate of drug-likeness (QED) is 0.847. The van der Waals surface area contributed by atoms with Crippen molar-refractivity contribution in [3.63, 3.8) is 0 Å². The summed E-state index contributed by atoms with van der Waals surface area (Å²) in [5, 5.41) is 3.12. The first-order valence-electron chi connectivity index (χ1n) is 8.83. The minimum Gasteiger partial charge on any atom is -0.450 e. The van der Waals surface area contributed by atoms with Crippen LogP contribution in [-0.2, 0) is 4.74 Å². The molecule has 0 aromatic heterocycles. The Hall–Kier alpha value is -1.50. The molecule has 0 saturated carbocycles. The minimum atomic E-state index is -0.246. The largest absolute Gasteiger partial charge is 0.450 e. The molecular weight excluding hydrogens is 296 g/mol. The Morgan fingerprint density at radius 1 is 1.00 bits per heavy atom. The van der Waals surface area contributed by atoms with Gasteiger partial charge in [-0.3, -0.25) is 4.90 Å². The fourth-order valence-electron chi connectivity index (χ4n) is 3.18. The Kier molecular flexibility index (Phi) is 6.95. The van der Waals surface area contributed by atoms with Gasteiger partial charge in [-0.2, -0.15) is 0 Å². The van der Waals surface area contributed by atoms with Gasteiger partial charge in [0.15, 0.2) is 0 Å². The van der Waals surface area contributed by atoms with Crippen LogP contribution in [0, 0.1) is 0 Å². The first-order chi connectivity index (χ1) is 11.1. The summed E-state index contributed by atoms with van der Waals surface area (Å²) in [6.45, 7) is 10.3. The number of carbonyl (C=O) groups excluding carboxylic acids is 2. The molecule has 132 valence electrons. The number of nitrogens with zero attached hydrogens (tertiary/aromatic N) is 3. The Morgan fingerprint density at radius 3 is 2.22 bits per heavy atom. The van der Waals surface area contributed by atoms with Gasteiger partial charge in [0.2, 0.25) is 0 Å². The van der Waals surface area contributed by atoms with Gasteiger partial charge in [0.05, 0.1) is 6.61 Å². The Labute approximate surface area is 138 Å². The van der Waals surface area contributed by atoms with Gasteiger partial charge >= 0.3 is 12.1 Å². The SMILES string of the molecule is CCCN1CCN(C(=O)NC2CCN(C(=O)OCC)CC2)CC1. The third-order valence-corrected chi connectivity index (χ3v) is 4.55. The van der Waals surface area contributed by atoms with Crippen molar-refractivity contribution in [3.8, 4) is 0 Å². The highest BCUT2D eigenvalue weighted by atomic mass is 16.6. The highest BCUT2D eigenvalue weighted by Gasteiger charge is 2.27. The van der Waals surface area contributed by atoms with Gasteiger partial charge in [0.25, 0.3) is 0 Å². The molecule has 2 aliphatic rings. The van der Waals surface area contributed by atoms with Crippen LogP contribution in [0.25, 0.3) is 0 Å². The average molecular weight is 326 g/mol. The van der Waals surface area contributed by atoms with Crippen molar-refractivity contribution in [3.05, 3.63) is 0 Å². The molecular formula is C16H30N4O3. The predicted molar refractivity (Wildman–Crippen MR) is 88.5 cm³/mol. The fourth-order valence-corrected chi connectivity index (χ4v) is 3.18. The molecule has 0 aliphatic carbocycles. The molecule has 7 nitrogen and oxygen atoms in total. The molecule has 0 bridgehead atoms. The molecule has 3 amide bonds. The molecule has 2 aliphatic heterocycles. The van der Waals surface area contributed by atoms with Gasteiger partial charge in [0.1, 0.15) is 0 Å². The third-order valence-electron chi connectivity index (χ3n) is 4.55. The van der Waals surface area contributed by atoms with E-state index < -0.39 is 0 Å². The van der Waals surface area contributed by atoms with Gasteiger partial charge in [-0.05, 0) is 32.7 Å². The maximum atomic E-state index is 12.3. The standard InChI is InChI=1S/C16H30N4O3/c1-3-7-18-10-12-19(13-11-18)15(21)17-14-5-8-20(9-6-14)16(22)23-4-2/h14H,3-13H2,1-2H3,(H,17,21). The topological polar surface area (TPSA) is 65.1 Å². The molecule has 2 rings (SSSR count). The number of hydrogen-bond donors (Lipinski definition) is 1. The average Bonchev–Trinajstić information content (AvgIpc) is 2.56. The van der Waals surface area contributed by atoms with Crippen LogP contribution in [0.4, 0.5) is 9.59 Å². The number of likely N-dealkylation sites (tertiary alicyclic amines) is 1. The summed E-state index contributed by atoms with van der Waals surface area (Å²) in [4.78, 5) is 30.0. The van der Waals surface area contributed by atoms with Gasteiger partial charge < -0.3 is 19.9 Å². The molecule has 0 aromatic rings. The lowest BCUT2D eigenvalue weighted by atomic mass is 10.1. The number of ether oxygens (including phenoxy) is 1. The Balaban J connectivity index is 1.68. The normalized spacial score (nSPS) is 20.4. The Morgan fingerprint density at radius 2 is 1.65 bits per heavy atom. The summed E-state index contributed by atoms with van der Waals surface area (Å²) >= 11 is 0. The lowest BCUT2D eigenvalue weighted by molar-refractivity contribution is 0.0941. The molecule has 2 saturated heterocycles. The van der Waals surface area contributed by atoms with Crippen LogP contribution >= 0.6 is 0 Å². The van der Waals surface area contributed by atoms with E-state index in [1.54, 1.807) is 4.90 Å². The third kappa shape index (κ3) is 5.27. The zero-order valence-corrected chi connectivity index (χ0v) is 14.4. The lowest BCUT2D eigenvalue weighted by Gasteiger charge is -2.37. The minimum absolute atomic E-state index is 0.0377. The molecule has 2 heterocycles. The van der Waals surface area contributed by atoms with Gasteiger partial charge in [-0.15, -0.1) is 0 Å². The molecule has 0 radical (unpaired) electrons. The summed E-state index contributed by atoms with van der Waals surface area (Å²) in [6.07, 6.45) is 2.50. The number of piperidine rings is 1. The van der Waals surface area contributed by atoms with E-state index in [-0.39, 0.29) is 18.2 Å². The van der Waals surface area contributed by atoms with Crippen molar-refractivity contribution in [2.24, 2.45) is 0 Å². The predicted octanol–water partition coefficient (Wildman–Crippen LogP) is 1.34. The van der Waals surface area contributed by atoms with Crippen LogP contribution in [-0.4, -0.2) is 85.3 Å². The van der Waals surface area contributed by atoms with Crippen LogP contribution in [0.2, 0.25) is 0 Å². The monoisotopic (exact) mass is 326 g/mol. The van der Waals surface area contributed by atoms with E-state index in [2.05, 4.69) is 17.1 Å². The molecule has 7 heteroatoms. The first kappa shape index (κ1) is 17.8. The van der Waals surface area contributed by atoms with Gasteiger partial charge in [-0.25, -0.2) is 9.59 Å². The van der Waals surface area contributed by atoms with Gasteiger partial charge in [0, 0.05) is 45.3 Å².